The second kappa shape index (κ2) is 10.9. The number of methoxy groups -OCH3 is 3. The van der Waals surface area contributed by atoms with Gasteiger partial charge in [-0.3, -0.25) is 9.59 Å². The Balaban J connectivity index is 1.25. The van der Waals surface area contributed by atoms with Gasteiger partial charge in [0.1, 0.15) is 35.1 Å². The van der Waals surface area contributed by atoms with E-state index in [1.165, 1.54) is 35.2 Å². The summed E-state index contributed by atoms with van der Waals surface area (Å²) >= 11 is 0. The van der Waals surface area contributed by atoms with Crippen molar-refractivity contribution in [2.75, 3.05) is 27.9 Å². The SMILES string of the molecule is COc1c2c(c(O)c3c4c(c(C)cc13)[C@@H]1O[C@@]3(C(OC)OC)O[C@@H]1[C@@](O)(O4)[C@@]31CO1)C(=O)[C@@H](O)C[C@@H]2O[C@H]1C[C@@](C)(O)[C@H](OC(C)=O)[C@H](C)O1. The van der Waals surface area contributed by atoms with Gasteiger partial charge in [0.25, 0.3) is 11.6 Å². The number of esters is 1. The van der Waals surface area contributed by atoms with E-state index in [9.17, 15) is 30.0 Å². The first-order chi connectivity index (χ1) is 23.6. The molecule has 1 aliphatic carbocycles. The number of carbonyl (C=O) groups excluding carboxylic acids is 2. The number of aryl methyl sites for hydroxylation is 1. The molecule has 0 amide bonds. The number of aliphatic hydroxyl groups is 3. The van der Waals surface area contributed by atoms with Gasteiger partial charge < -0.3 is 67.8 Å². The van der Waals surface area contributed by atoms with E-state index in [4.69, 9.17) is 47.4 Å². The molecule has 2 aromatic carbocycles. The molecule has 2 bridgehead atoms. The summed E-state index contributed by atoms with van der Waals surface area (Å²) in [4.78, 5) is 25.4. The summed E-state index contributed by atoms with van der Waals surface area (Å²) in [5.74, 6) is -5.54. The molecule has 4 N–H and O–H groups in total. The van der Waals surface area contributed by atoms with Crippen molar-refractivity contribution in [3.05, 3.63) is 28.3 Å². The highest BCUT2D eigenvalue weighted by Gasteiger charge is 2.92. The minimum absolute atomic E-state index is 0.0141. The lowest BCUT2D eigenvalue weighted by atomic mass is 9.77. The molecule has 2 aromatic rings. The summed E-state index contributed by atoms with van der Waals surface area (Å²) in [6, 6.07) is 1.73. The number of aliphatic hydroxyl groups excluding tert-OH is 1. The fourth-order valence-electron chi connectivity index (χ4n) is 8.84. The van der Waals surface area contributed by atoms with E-state index in [0.29, 0.717) is 16.5 Å². The zero-order valence-electron chi connectivity index (χ0n) is 28.5. The van der Waals surface area contributed by atoms with Crippen LogP contribution in [0.2, 0.25) is 0 Å². The third-order valence-electron chi connectivity index (χ3n) is 11.0. The number of carbonyl (C=O) groups is 2. The number of hydrogen-bond acceptors (Lipinski definition) is 16. The number of Topliss-reactive ketones (excluding diaryl/α,β-unsaturated/α-hetero) is 1. The highest BCUT2D eigenvalue weighted by Crippen LogP contribution is 2.71. The number of hydrogen-bond donors (Lipinski definition) is 4. The summed E-state index contributed by atoms with van der Waals surface area (Å²) < 4.78 is 59.7. The monoisotopic (exact) mass is 704 g/mol. The quantitative estimate of drug-likeness (QED) is 0.182. The topological polar surface area (TPSA) is 211 Å². The van der Waals surface area contributed by atoms with Crippen molar-refractivity contribution in [3.8, 4) is 17.2 Å². The van der Waals surface area contributed by atoms with E-state index in [0.717, 1.165) is 0 Å². The van der Waals surface area contributed by atoms with E-state index in [-0.39, 0.29) is 47.5 Å². The standard InChI is InChI=1S/C34H40O16/c1-12-8-15-20(26-19(12)27-29-33(40,48-26)32(11-44-32)34(49-27,50-29)30(42-6)43-7)24(38)22-21(25(15)41-5)17(9-16(36)23(22)37)47-18-10-31(4,39)28(13(2)45-18)46-14(3)35/h8,13,16-18,27-30,36,38-40H,9-11H2,1-7H3/t13-,16-,17-,18-,27-,28+,29-,31+,32-,33+,34-/m0/s1. The molecule has 272 valence electrons. The van der Waals surface area contributed by atoms with Gasteiger partial charge in [0.2, 0.25) is 11.9 Å². The van der Waals surface area contributed by atoms with Crippen LogP contribution in [-0.2, 0) is 42.7 Å². The molecule has 6 aliphatic rings. The van der Waals surface area contributed by atoms with Crippen molar-refractivity contribution < 1.29 is 77.4 Å². The number of ketones is 1. The predicted octanol–water partition coefficient (Wildman–Crippen LogP) is 1.32. The summed E-state index contributed by atoms with van der Waals surface area (Å²) in [7, 11) is 4.20. The van der Waals surface area contributed by atoms with Crippen LogP contribution in [0.5, 0.6) is 17.2 Å². The Morgan fingerprint density at radius 3 is 2.42 bits per heavy atom. The molecule has 50 heavy (non-hydrogen) atoms. The van der Waals surface area contributed by atoms with Gasteiger partial charge in [-0.2, -0.15) is 0 Å². The molecule has 4 saturated heterocycles. The van der Waals surface area contributed by atoms with E-state index >= 15 is 0 Å². The maximum atomic E-state index is 13.7. The molecular weight excluding hydrogens is 664 g/mol. The molecule has 1 spiro atoms. The third kappa shape index (κ3) is 4.17. The fraction of sp³-hybridized carbons (Fsp3) is 0.647. The Morgan fingerprint density at radius 2 is 1.82 bits per heavy atom. The highest BCUT2D eigenvalue weighted by molar-refractivity contribution is 6.13. The van der Waals surface area contributed by atoms with Crippen LogP contribution in [0, 0.1) is 6.92 Å². The summed E-state index contributed by atoms with van der Waals surface area (Å²) in [6.45, 7) is 6.14. The van der Waals surface area contributed by atoms with Crippen molar-refractivity contribution >= 4 is 22.5 Å². The molecule has 4 fully saturated rings. The second-order valence-corrected chi connectivity index (χ2v) is 14.1. The first-order valence-corrected chi connectivity index (χ1v) is 16.4. The average molecular weight is 705 g/mol. The zero-order chi connectivity index (χ0) is 35.9. The summed E-state index contributed by atoms with van der Waals surface area (Å²) in [5, 5.41) is 46.8. The van der Waals surface area contributed by atoms with Gasteiger partial charge in [-0.1, -0.05) is 0 Å². The number of aromatic hydroxyl groups is 1. The van der Waals surface area contributed by atoms with Crippen LogP contribution < -0.4 is 9.47 Å². The van der Waals surface area contributed by atoms with Crippen LogP contribution >= 0.6 is 0 Å². The maximum absolute atomic E-state index is 13.7. The molecule has 8 rings (SSSR count). The maximum Gasteiger partial charge on any atom is 0.303 e. The van der Waals surface area contributed by atoms with Crippen LogP contribution in [0.4, 0.5) is 0 Å². The fourth-order valence-corrected chi connectivity index (χ4v) is 8.84. The number of epoxide rings is 1. The lowest BCUT2D eigenvalue weighted by Gasteiger charge is -2.47. The number of benzene rings is 2. The normalized spacial score (nSPS) is 40.9. The molecule has 0 radical (unpaired) electrons. The van der Waals surface area contributed by atoms with Crippen LogP contribution in [0.25, 0.3) is 10.8 Å². The number of rotatable bonds is 7. The van der Waals surface area contributed by atoms with Crippen LogP contribution in [-0.4, -0.2) is 120 Å². The van der Waals surface area contributed by atoms with Gasteiger partial charge in [-0.05, 0) is 32.4 Å². The molecule has 0 saturated carbocycles. The van der Waals surface area contributed by atoms with Gasteiger partial charge in [-0.25, -0.2) is 0 Å². The lowest BCUT2D eigenvalue weighted by molar-refractivity contribution is -0.344. The first kappa shape index (κ1) is 34.0. The number of phenolic OH excluding ortho intramolecular Hbond substituents is 1. The number of ether oxygens (including phenoxy) is 10. The van der Waals surface area contributed by atoms with Crippen molar-refractivity contribution in [2.24, 2.45) is 0 Å². The summed E-state index contributed by atoms with van der Waals surface area (Å²) in [6.07, 6.45) is -8.88. The average Bonchev–Trinajstić information content (AvgIpc) is 3.72. The van der Waals surface area contributed by atoms with E-state index in [1.54, 1.807) is 19.9 Å². The molecule has 11 atom stereocenters. The van der Waals surface area contributed by atoms with Crippen LogP contribution in [0.15, 0.2) is 6.07 Å². The Hall–Kier alpha value is -3.16. The van der Waals surface area contributed by atoms with Crippen molar-refractivity contribution in [1.82, 2.24) is 0 Å². The molecule has 5 heterocycles. The minimum atomic E-state index is -2.13. The Kier molecular flexibility index (Phi) is 7.42. The van der Waals surface area contributed by atoms with Gasteiger partial charge in [0.15, 0.2) is 24.3 Å². The molecule has 0 unspecified atom stereocenters. The Bertz CT molecular complexity index is 1800. The molecule has 0 aromatic heterocycles. The lowest BCUT2D eigenvalue weighted by Crippen LogP contribution is -2.69. The molecule has 16 heteroatoms. The number of phenols is 1. The predicted molar refractivity (Wildman–Crippen MR) is 164 cm³/mol. The van der Waals surface area contributed by atoms with Crippen LogP contribution in [0.3, 0.4) is 0 Å². The summed E-state index contributed by atoms with van der Waals surface area (Å²) in [5.41, 5.74) is -2.13. The zero-order valence-corrected chi connectivity index (χ0v) is 28.5. The van der Waals surface area contributed by atoms with Gasteiger partial charge >= 0.3 is 5.97 Å². The highest BCUT2D eigenvalue weighted by atomic mass is 16.9. The van der Waals surface area contributed by atoms with Crippen LogP contribution in [0.1, 0.15) is 72.9 Å². The van der Waals surface area contributed by atoms with E-state index in [2.05, 4.69) is 0 Å². The Morgan fingerprint density at radius 1 is 1.12 bits per heavy atom. The molecular formula is C34H40O16. The van der Waals surface area contributed by atoms with E-state index < -0.39 is 89.5 Å². The third-order valence-corrected chi connectivity index (χ3v) is 11.0. The van der Waals surface area contributed by atoms with Gasteiger partial charge in [-0.15, -0.1) is 0 Å². The Labute approximate surface area is 285 Å². The van der Waals surface area contributed by atoms with Gasteiger partial charge in [0, 0.05) is 50.5 Å². The molecule has 16 nitrogen and oxygen atoms in total. The van der Waals surface area contributed by atoms with Crippen molar-refractivity contribution in [3.63, 3.8) is 0 Å². The smallest absolute Gasteiger partial charge is 0.303 e. The molecule has 5 aliphatic heterocycles. The van der Waals surface area contributed by atoms with E-state index in [1.807, 2.05) is 0 Å². The largest absolute Gasteiger partial charge is 0.506 e. The van der Waals surface area contributed by atoms with Crippen molar-refractivity contribution in [2.45, 2.75) is 113 Å². The first-order valence-electron chi connectivity index (χ1n) is 16.4. The minimum Gasteiger partial charge on any atom is -0.506 e. The number of fused-ring (bicyclic) bond motifs is 8. The van der Waals surface area contributed by atoms with Gasteiger partial charge in [0.05, 0.1) is 36.9 Å². The van der Waals surface area contributed by atoms with Crippen molar-refractivity contribution in [1.29, 1.82) is 0 Å². The second-order valence-electron chi connectivity index (χ2n) is 14.1.